The Morgan fingerprint density at radius 3 is 2.36 bits per heavy atom. The molecule has 0 spiro atoms. The van der Waals surface area contributed by atoms with E-state index < -0.39 is 0 Å². The van der Waals surface area contributed by atoms with Crippen molar-refractivity contribution in [3.63, 3.8) is 0 Å². The molecule has 0 amide bonds. The van der Waals surface area contributed by atoms with Gasteiger partial charge in [0.05, 0.1) is 11.9 Å². The number of rotatable bonds is 3. The minimum absolute atomic E-state index is 0.499. The van der Waals surface area contributed by atoms with Crippen LogP contribution in [0.5, 0.6) is 0 Å². The summed E-state index contributed by atoms with van der Waals surface area (Å²) >= 11 is 3.75. The second kappa shape index (κ2) is 8.61. The maximum atomic E-state index is 5.31. The van der Waals surface area contributed by atoms with E-state index in [1.54, 1.807) is 12.1 Å². The van der Waals surface area contributed by atoms with Gasteiger partial charge >= 0.3 is 0 Å². The summed E-state index contributed by atoms with van der Waals surface area (Å²) in [5.74, 6) is 0.499. The Balaban J connectivity index is 0.000000255. The molecule has 0 saturated heterocycles. The second-order valence-electron chi connectivity index (χ2n) is 2.57. The van der Waals surface area contributed by atoms with Gasteiger partial charge in [0, 0.05) is 6.54 Å². The number of pyridine rings is 1. The molecule has 0 saturated carbocycles. The van der Waals surface area contributed by atoms with E-state index in [1.165, 1.54) is 6.20 Å². The van der Waals surface area contributed by atoms with Gasteiger partial charge in [-0.2, -0.15) is 0 Å². The summed E-state index contributed by atoms with van der Waals surface area (Å²) in [6.45, 7) is 1.65. The maximum absolute atomic E-state index is 5.31. The number of hydrogen-bond donors (Lipinski definition) is 5. The standard InChI is InChI=1S/C5H7N3.C3H10N2S/c6-4-1-2-5(7)8-3-4;4-2-1-3-5-6/h1-3H,6H2,(H2,7,8);5-6H,1-4H2. The first-order valence-electron chi connectivity index (χ1n) is 4.24. The topological polar surface area (TPSA) is 103 Å². The van der Waals surface area contributed by atoms with Crippen LogP contribution in [0.4, 0.5) is 11.5 Å². The minimum Gasteiger partial charge on any atom is -0.397 e. The fourth-order valence-corrected chi connectivity index (χ4v) is 0.756. The molecular weight excluding hydrogens is 198 g/mol. The van der Waals surface area contributed by atoms with Gasteiger partial charge in [0.2, 0.25) is 0 Å². The summed E-state index contributed by atoms with van der Waals surface area (Å²) in [5.41, 5.74) is 16.3. The summed E-state index contributed by atoms with van der Waals surface area (Å²) in [6.07, 6.45) is 2.53. The molecule has 1 heterocycles. The van der Waals surface area contributed by atoms with Crippen LogP contribution in [0.3, 0.4) is 0 Å². The highest BCUT2D eigenvalue weighted by Gasteiger charge is 1.82. The Bertz CT molecular complexity index is 201. The second-order valence-corrected chi connectivity index (χ2v) is 2.88. The Hall–Kier alpha value is -0.980. The number of anilines is 2. The van der Waals surface area contributed by atoms with E-state index in [0.717, 1.165) is 19.5 Å². The first-order chi connectivity index (χ1) is 6.70. The van der Waals surface area contributed by atoms with Crippen LogP contribution >= 0.6 is 12.8 Å². The van der Waals surface area contributed by atoms with E-state index >= 15 is 0 Å². The summed E-state index contributed by atoms with van der Waals surface area (Å²) in [5, 5.41) is 0. The van der Waals surface area contributed by atoms with Crippen molar-refractivity contribution in [2.45, 2.75) is 6.42 Å². The summed E-state index contributed by atoms with van der Waals surface area (Å²) < 4.78 is 2.68. The van der Waals surface area contributed by atoms with E-state index in [0.29, 0.717) is 11.5 Å². The molecular formula is C8H17N5S. The normalized spacial score (nSPS) is 9.00. The van der Waals surface area contributed by atoms with Crippen LogP contribution in [0.2, 0.25) is 0 Å². The van der Waals surface area contributed by atoms with E-state index in [1.807, 2.05) is 0 Å². The molecule has 0 aromatic carbocycles. The van der Waals surface area contributed by atoms with Crippen LogP contribution in [0.15, 0.2) is 18.3 Å². The number of aromatic nitrogens is 1. The molecule has 0 unspecified atom stereocenters. The zero-order valence-electron chi connectivity index (χ0n) is 7.98. The summed E-state index contributed by atoms with van der Waals surface area (Å²) in [4.78, 5) is 3.73. The third-order valence-corrected chi connectivity index (χ3v) is 1.53. The summed E-state index contributed by atoms with van der Waals surface area (Å²) in [6, 6.07) is 3.37. The van der Waals surface area contributed by atoms with Crippen molar-refractivity contribution in [2.75, 3.05) is 24.6 Å². The molecule has 0 aliphatic heterocycles. The van der Waals surface area contributed by atoms with Crippen molar-refractivity contribution in [3.8, 4) is 0 Å². The van der Waals surface area contributed by atoms with Crippen molar-refractivity contribution in [1.29, 1.82) is 0 Å². The lowest BCUT2D eigenvalue weighted by molar-refractivity contribution is 0.812. The molecule has 0 bridgehead atoms. The van der Waals surface area contributed by atoms with Gasteiger partial charge in [-0.25, -0.2) is 4.98 Å². The number of nitrogens with one attached hydrogen (secondary N) is 1. The highest BCUT2D eigenvalue weighted by molar-refractivity contribution is 7.78. The van der Waals surface area contributed by atoms with Crippen molar-refractivity contribution in [3.05, 3.63) is 18.3 Å². The molecule has 5 nitrogen and oxygen atoms in total. The maximum Gasteiger partial charge on any atom is 0.123 e. The van der Waals surface area contributed by atoms with Crippen molar-refractivity contribution in [2.24, 2.45) is 5.73 Å². The van der Waals surface area contributed by atoms with Crippen LogP contribution in [-0.2, 0) is 0 Å². The van der Waals surface area contributed by atoms with Crippen LogP contribution < -0.4 is 21.9 Å². The van der Waals surface area contributed by atoms with Gasteiger partial charge in [-0.3, -0.25) is 4.72 Å². The van der Waals surface area contributed by atoms with Crippen LogP contribution in [0.1, 0.15) is 6.42 Å². The average molecular weight is 215 g/mol. The average Bonchev–Trinajstić information content (AvgIpc) is 2.20. The monoisotopic (exact) mass is 215 g/mol. The SMILES string of the molecule is NCCCNS.Nc1ccc(N)nc1. The van der Waals surface area contributed by atoms with Crippen molar-refractivity contribution in [1.82, 2.24) is 9.71 Å². The smallest absolute Gasteiger partial charge is 0.123 e. The lowest BCUT2D eigenvalue weighted by Crippen LogP contribution is -2.08. The molecule has 1 rings (SSSR count). The highest BCUT2D eigenvalue weighted by Crippen LogP contribution is 2.00. The fourth-order valence-electron chi connectivity index (χ4n) is 0.598. The fraction of sp³-hybridized carbons (Fsp3) is 0.375. The Kier molecular flexibility index (Phi) is 8.01. The Labute approximate surface area is 89.6 Å². The summed E-state index contributed by atoms with van der Waals surface area (Å²) in [7, 11) is 0. The zero-order valence-corrected chi connectivity index (χ0v) is 8.87. The van der Waals surface area contributed by atoms with E-state index in [-0.39, 0.29) is 0 Å². The molecule has 0 aliphatic rings. The molecule has 0 fully saturated rings. The van der Waals surface area contributed by atoms with Crippen molar-refractivity contribution >= 4 is 24.3 Å². The third kappa shape index (κ3) is 7.66. The molecule has 14 heavy (non-hydrogen) atoms. The highest BCUT2D eigenvalue weighted by atomic mass is 32.1. The molecule has 1 aromatic rings. The van der Waals surface area contributed by atoms with Gasteiger partial charge in [0.15, 0.2) is 0 Å². The van der Waals surface area contributed by atoms with Gasteiger partial charge < -0.3 is 17.2 Å². The molecule has 0 aliphatic carbocycles. The van der Waals surface area contributed by atoms with Crippen LogP contribution in [0, 0.1) is 0 Å². The molecule has 0 atom stereocenters. The Morgan fingerprint density at radius 1 is 1.36 bits per heavy atom. The number of nitrogens with zero attached hydrogens (tertiary/aromatic N) is 1. The van der Waals surface area contributed by atoms with Gasteiger partial charge in [0.1, 0.15) is 5.82 Å². The first kappa shape index (κ1) is 13.0. The quantitative estimate of drug-likeness (QED) is 0.361. The Morgan fingerprint density at radius 2 is 2.07 bits per heavy atom. The van der Waals surface area contributed by atoms with Gasteiger partial charge in [-0.15, -0.1) is 0 Å². The van der Waals surface area contributed by atoms with E-state index in [4.69, 9.17) is 17.2 Å². The first-order valence-corrected chi connectivity index (χ1v) is 4.69. The lowest BCUT2D eigenvalue weighted by Gasteiger charge is -1.89. The largest absolute Gasteiger partial charge is 0.397 e. The van der Waals surface area contributed by atoms with Gasteiger partial charge in [-0.1, -0.05) is 12.8 Å². The number of nitrogens with two attached hydrogens (primary N) is 3. The molecule has 1 aromatic heterocycles. The number of nitrogen functional groups attached to an aromatic ring is 2. The van der Waals surface area contributed by atoms with Crippen molar-refractivity contribution < 1.29 is 0 Å². The van der Waals surface area contributed by atoms with Gasteiger partial charge in [0.25, 0.3) is 0 Å². The van der Waals surface area contributed by atoms with E-state index in [9.17, 15) is 0 Å². The molecule has 80 valence electrons. The zero-order chi connectivity index (χ0) is 10.8. The molecule has 7 N–H and O–H groups in total. The van der Waals surface area contributed by atoms with Gasteiger partial charge in [-0.05, 0) is 25.1 Å². The number of thiol groups is 1. The number of hydrogen-bond acceptors (Lipinski definition) is 6. The predicted molar refractivity (Wildman–Crippen MR) is 63.7 cm³/mol. The lowest BCUT2D eigenvalue weighted by atomic mass is 10.4. The molecule has 6 heteroatoms. The third-order valence-electron chi connectivity index (χ3n) is 1.30. The molecule has 0 radical (unpaired) electrons. The van der Waals surface area contributed by atoms with Crippen LogP contribution in [-0.4, -0.2) is 18.1 Å². The predicted octanol–water partition coefficient (Wildman–Crippen LogP) is 0.0156. The minimum atomic E-state index is 0.499. The van der Waals surface area contributed by atoms with E-state index in [2.05, 4.69) is 22.5 Å². The van der Waals surface area contributed by atoms with Crippen LogP contribution in [0.25, 0.3) is 0 Å².